The van der Waals surface area contributed by atoms with Crippen LogP contribution in [-0.4, -0.2) is 16.3 Å². The van der Waals surface area contributed by atoms with E-state index in [1.807, 2.05) is 42.5 Å². The molecule has 3 aromatic rings. The highest BCUT2D eigenvalue weighted by Crippen LogP contribution is 2.31. The maximum Gasteiger partial charge on any atom is 0.404 e. The number of furan rings is 1. The molecule has 2 aromatic carbocycles. The van der Waals surface area contributed by atoms with Gasteiger partial charge in [-0.3, -0.25) is 0 Å². The maximum atomic E-state index is 10.6. The van der Waals surface area contributed by atoms with Gasteiger partial charge < -0.3 is 19.9 Å². The molecular weight excluding hydrogens is 282 g/mol. The third-order valence-electron chi connectivity index (χ3n) is 3.48. The minimum atomic E-state index is -1.05. The van der Waals surface area contributed by atoms with Crippen LogP contribution >= 0.6 is 0 Å². The second-order valence-electron chi connectivity index (χ2n) is 5.00. The molecule has 3 N–H and O–H groups in total. The molecule has 5 nitrogen and oxygen atoms in total. The predicted molar refractivity (Wildman–Crippen MR) is 82.4 cm³/mol. The average molecular weight is 297 g/mol. The zero-order chi connectivity index (χ0) is 15.5. The van der Waals surface area contributed by atoms with Crippen molar-refractivity contribution in [3.05, 3.63) is 59.9 Å². The van der Waals surface area contributed by atoms with Gasteiger partial charge in [-0.05, 0) is 41.0 Å². The molecule has 1 heterocycles. The zero-order valence-electron chi connectivity index (χ0n) is 11.7. The summed E-state index contributed by atoms with van der Waals surface area (Å²) in [7, 11) is 0. The van der Waals surface area contributed by atoms with Crippen molar-refractivity contribution in [1.82, 2.24) is 5.32 Å². The first-order valence-electron chi connectivity index (χ1n) is 6.84. The van der Waals surface area contributed by atoms with Crippen LogP contribution in [0.15, 0.2) is 53.1 Å². The van der Waals surface area contributed by atoms with Gasteiger partial charge in [-0.1, -0.05) is 18.2 Å². The summed E-state index contributed by atoms with van der Waals surface area (Å²) in [5.41, 5.74) is 4.20. The molecule has 0 radical (unpaired) electrons. The molecule has 22 heavy (non-hydrogen) atoms. The van der Waals surface area contributed by atoms with E-state index in [0.717, 1.165) is 33.2 Å². The van der Waals surface area contributed by atoms with Crippen LogP contribution in [0.1, 0.15) is 11.1 Å². The Bertz CT molecular complexity index is 822. The summed E-state index contributed by atoms with van der Waals surface area (Å²) < 4.78 is 5.55. The van der Waals surface area contributed by atoms with Crippen LogP contribution in [0, 0.1) is 0 Å². The minimum absolute atomic E-state index is 0.0472. The molecule has 0 unspecified atom stereocenters. The van der Waals surface area contributed by atoms with E-state index in [2.05, 4.69) is 5.32 Å². The Balaban J connectivity index is 2.05. The molecule has 0 saturated heterocycles. The van der Waals surface area contributed by atoms with Gasteiger partial charge in [0.1, 0.15) is 5.58 Å². The highest BCUT2D eigenvalue weighted by molar-refractivity contribution is 5.93. The monoisotopic (exact) mass is 297 g/mol. The van der Waals surface area contributed by atoms with Crippen LogP contribution in [0.2, 0.25) is 0 Å². The predicted octanol–water partition coefficient (Wildman–Crippen LogP) is 3.36. The fraction of sp³-hybridized carbons (Fsp3) is 0.118. The number of carbonyl (C=O) groups is 1. The number of aliphatic hydroxyl groups excluding tert-OH is 1. The topological polar surface area (TPSA) is 82.7 Å². The smallest absolute Gasteiger partial charge is 0.404 e. The SMILES string of the molecule is O=C(O)NCc1cccc(-c2cc(CO)cc3ccoc23)c1. The lowest BCUT2D eigenvalue weighted by Gasteiger charge is -2.08. The molecule has 3 rings (SSSR count). The van der Waals surface area contributed by atoms with E-state index in [1.165, 1.54) is 0 Å². The van der Waals surface area contributed by atoms with Gasteiger partial charge in [0.2, 0.25) is 0 Å². The third-order valence-corrected chi connectivity index (χ3v) is 3.48. The molecule has 0 aliphatic heterocycles. The maximum absolute atomic E-state index is 10.6. The normalized spacial score (nSPS) is 10.8. The van der Waals surface area contributed by atoms with E-state index in [-0.39, 0.29) is 13.2 Å². The van der Waals surface area contributed by atoms with Crippen molar-refractivity contribution >= 4 is 17.1 Å². The number of aliphatic hydroxyl groups is 1. The molecule has 0 atom stereocenters. The zero-order valence-corrected chi connectivity index (χ0v) is 11.7. The third kappa shape index (κ3) is 2.80. The Hall–Kier alpha value is -2.79. The number of rotatable bonds is 4. The molecule has 1 aromatic heterocycles. The van der Waals surface area contributed by atoms with E-state index in [4.69, 9.17) is 9.52 Å². The van der Waals surface area contributed by atoms with E-state index in [9.17, 15) is 9.90 Å². The van der Waals surface area contributed by atoms with E-state index < -0.39 is 6.09 Å². The van der Waals surface area contributed by atoms with Crippen molar-refractivity contribution in [2.75, 3.05) is 0 Å². The number of amides is 1. The summed E-state index contributed by atoms with van der Waals surface area (Å²) in [6, 6.07) is 13.2. The van der Waals surface area contributed by atoms with Crippen molar-refractivity contribution in [3.63, 3.8) is 0 Å². The van der Waals surface area contributed by atoms with E-state index >= 15 is 0 Å². The second-order valence-corrected chi connectivity index (χ2v) is 5.00. The van der Waals surface area contributed by atoms with E-state index in [1.54, 1.807) is 6.26 Å². The number of fused-ring (bicyclic) bond motifs is 1. The quantitative estimate of drug-likeness (QED) is 0.689. The fourth-order valence-electron chi connectivity index (χ4n) is 2.48. The van der Waals surface area contributed by atoms with Crippen molar-refractivity contribution in [2.45, 2.75) is 13.2 Å². The summed E-state index contributed by atoms with van der Waals surface area (Å²) in [5, 5.41) is 21.4. The van der Waals surface area contributed by atoms with Gasteiger partial charge in [-0.15, -0.1) is 0 Å². The van der Waals surface area contributed by atoms with Gasteiger partial charge in [0.05, 0.1) is 12.9 Å². The average Bonchev–Trinajstić information content (AvgIpc) is 3.00. The summed E-state index contributed by atoms with van der Waals surface area (Å²) in [5.74, 6) is 0. The minimum Gasteiger partial charge on any atom is -0.465 e. The standard InChI is InChI=1S/C17H15NO4/c19-10-12-7-14-4-5-22-16(14)15(8-12)13-3-1-2-11(6-13)9-18-17(20)21/h1-8,18-19H,9-10H2,(H,20,21). The molecular formula is C17H15NO4. The van der Waals surface area contributed by atoms with Crippen LogP contribution < -0.4 is 5.32 Å². The first kappa shape index (κ1) is 14.2. The summed E-state index contributed by atoms with van der Waals surface area (Å²) in [6.07, 6.45) is 0.562. The molecule has 1 amide bonds. The largest absolute Gasteiger partial charge is 0.465 e. The van der Waals surface area contributed by atoms with Crippen molar-refractivity contribution < 1.29 is 19.4 Å². The van der Waals surface area contributed by atoms with Crippen LogP contribution in [-0.2, 0) is 13.2 Å². The summed E-state index contributed by atoms with van der Waals surface area (Å²) in [6.45, 7) is 0.193. The van der Waals surface area contributed by atoms with Gasteiger partial charge in [-0.2, -0.15) is 0 Å². The lowest BCUT2D eigenvalue weighted by atomic mass is 9.99. The summed E-state index contributed by atoms with van der Waals surface area (Å²) >= 11 is 0. The van der Waals surface area contributed by atoms with E-state index in [0.29, 0.717) is 0 Å². The van der Waals surface area contributed by atoms with Crippen molar-refractivity contribution in [3.8, 4) is 11.1 Å². The Kier molecular flexibility index (Phi) is 3.80. The Labute approximate surface area is 126 Å². The van der Waals surface area contributed by atoms with Gasteiger partial charge in [-0.25, -0.2) is 4.79 Å². The molecule has 0 aliphatic rings. The van der Waals surface area contributed by atoms with Crippen LogP contribution in [0.3, 0.4) is 0 Å². The molecule has 112 valence electrons. The first-order chi connectivity index (χ1) is 10.7. The Morgan fingerprint density at radius 3 is 2.77 bits per heavy atom. The molecule has 0 bridgehead atoms. The molecule has 0 saturated carbocycles. The summed E-state index contributed by atoms with van der Waals surface area (Å²) in [4.78, 5) is 10.6. The van der Waals surface area contributed by atoms with Crippen LogP contribution in [0.25, 0.3) is 22.1 Å². The van der Waals surface area contributed by atoms with Gasteiger partial charge in [0.25, 0.3) is 0 Å². The number of carboxylic acid groups (broad SMARTS) is 1. The van der Waals surface area contributed by atoms with Crippen LogP contribution in [0.4, 0.5) is 4.79 Å². The first-order valence-corrected chi connectivity index (χ1v) is 6.84. The van der Waals surface area contributed by atoms with Crippen LogP contribution in [0.5, 0.6) is 0 Å². The Morgan fingerprint density at radius 2 is 2.00 bits per heavy atom. The van der Waals surface area contributed by atoms with Crippen molar-refractivity contribution in [2.24, 2.45) is 0 Å². The number of hydrogen-bond acceptors (Lipinski definition) is 3. The highest BCUT2D eigenvalue weighted by atomic mass is 16.4. The number of benzene rings is 2. The molecule has 5 heteroatoms. The van der Waals surface area contributed by atoms with Gasteiger partial charge >= 0.3 is 6.09 Å². The van der Waals surface area contributed by atoms with Gasteiger partial charge in [0.15, 0.2) is 0 Å². The lowest BCUT2D eigenvalue weighted by molar-refractivity contribution is 0.194. The van der Waals surface area contributed by atoms with Crippen molar-refractivity contribution in [1.29, 1.82) is 0 Å². The highest BCUT2D eigenvalue weighted by Gasteiger charge is 2.10. The second kappa shape index (κ2) is 5.91. The molecule has 0 aliphatic carbocycles. The number of nitrogens with one attached hydrogen (secondary N) is 1. The van der Waals surface area contributed by atoms with Gasteiger partial charge in [0, 0.05) is 17.5 Å². The lowest BCUT2D eigenvalue weighted by Crippen LogP contribution is -2.19. The number of hydrogen-bond donors (Lipinski definition) is 3. The molecule has 0 fully saturated rings. The Morgan fingerprint density at radius 1 is 1.14 bits per heavy atom. The fourth-order valence-corrected chi connectivity index (χ4v) is 2.48. The molecule has 0 spiro atoms.